The fourth-order valence-corrected chi connectivity index (χ4v) is 3.28. The smallest absolute Gasteiger partial charge is 0.341 e. The van der Waals surface area contributed by atoms with Gasteiger partial charge in [0.1, 0.15) is 5.57 Å². The molecule has 2 aromatic carbocycles. The topological polar surface area (TPSA) is 122 Å². The van der Waals surface area contributed by atoms with Crippen molar-refractivity contribution < 1.29 is 33.8 Å². The fourth-order valence-electron chi connectivity index (χ4n) is 3.28. The van der Waals surface area contributed by atoms with Crippen LogP contribution in [-0.2, 0) is 14.4 Å². The van der Waals surface area contributed by atoms with E-state index < -0.39 is 30.4 Å². The predicted octanol–water partition coefficient (Wildman–Crippen LogP) is 3.34. The molecule has 0 radical (unpaired) electrons. The highest BCUT2D eigenvalue weighted by Gasteiger charge is 2.36. The number of carboxylic acid groups (broad SMARTS) is 1. The molecule has 1 atom stereocenters. The highest BCUT2D eigenvalue weighted by Crippen LogP contribution is 2.30. The van der Waals surface area contributed by atoms with Crippen molar-refractivity contribution in [2.24, 2.45) is 0 Å². The second-order valence-corrected chi connectivity index (χ2v) is 7.45. The van der Waals surface area contributed by atoms with Crippen molar-refractivity contribution in [3.8, 4) is 11.5 Å². The Morgan fingerprint density at radius 1 is 1.12 bits per heavy atom. The molecule has 33 heavy (non-hydrogen) atoms. The zero-order valence-electron chi connectivity index (χ0n) is 18.5. The highest BCUT2D eigenvalue weighted by molar-refractivity contribution is 6.39. The summed E-state index contributed by atoms with van der Waals surface area (Å²) in [4.78, 5) is 49.5. The number of aliphatic carboxylic acids is 1. The zero-order valence-corrected chi connectivity index (χ0v) is 18.5. The molecule has 2 aromatic rings. The number of imide groups is 2. The monoisotopic (exact) mass is 452 g/mol. The lowest BCUT2D eigenvalue weighted by atomic mass is 9.98. The molecular weight excluding hydrogens is 428 g/mol. The van der Waals surface area contributed by atoms with E-state index in [1.807, 2.05) is 12.1 Å². The Bertz CT molecular complexity index is 1120. The summed E-state index contributed by atoms with van der Waals surface area (Å²) in [6.07, 6.45) is 2.28. The fraction of sp³-hybridized carbons (Fsp3) is 0.250. The number of nitrogens with one attached hydrogen (secondary N) is 1. The number of amides is 4. The second kappa shape index (κ2) is 9.99. The van der Waals surface area contributed by atoms with Gasteiger partial charge in [0.2, 0.25) is 0 Å². The minimum absolute atomic E-state index is 0.194. The van der Waals surface area contributed by atoms with Crippen LogP contribution in [0.4, 0.5) is 10.5 Å². The summed E-state index contributed by atoms with van der Waals surface area (Å²) in [6.45, 7) is 3.60. The van der Waals surface area contributed by atoms with Crippen LogP contribution in [0.25, 0.3) is 6.08 Å². The first-order chi connectivity index (χ1) is 15.7. The summed E-state index contributed by atoms with van der Waals surface area (Å²) in [5, 5.41) is 11.0. The summed E-state index contributed by atoms with van der Waals surface area (Å²) < 4.78 is 10.4. The van der Waals surface area contributed by atoms with E-state index in [1.54, 1.807) is 12.1 Å². The third kappa shape index (κ3) is 5.20. The van der Waals surface area contributed by atoms with E-state index in [0.29, 0.717) is 17.2 Å². The summed E-state index contributed by atoms with van der Waals surface area (Å²) in [7, 11) is 1.38. The van der Waals surface area contributed by atoms with Crippen LogP contribution >= 0.6 is 0 Å². The molecule has 3 rings (SSSR count). The van der Waals surface area contributed by atoms with E-state index in [0.717, 1.165) is 16.9 Å². The van der Waals surface area contributed by atoms with Crippen molar-refractivity contribution in [1.82, 2.24) is 5.32 Å². The molecule has 1 aliphatic heterocycles. The lowest BCUT2D eigenvalue weighted by Crippen LogP contribution is -2.54. The average Bonchev–Trinajstić information content (AvgIpc) is 2.80. The first-order valence-electron chi connectivity index (χ1n) is 10.3. The Balaban J connectivity index is 1.91. The van der Waals surface area contributed by atoms with Gasteiger partial charge in [-0.15, -0.1) is 0 Å². The van der Waals surface area contributed by atoms with Gasteiger partial charge >= 0.3 is 12.0 Å². The normalized spacial score (nSPS) is 15.9. The quantitative estimate of drug-likeness (QED) is 0.465. The van der Waals surface area contributed by atoms with Crippen molar-refractivity contribution in [3.63, 3.8) is 0 Å². The van der Waals surface area contributed by atoms with Crippen molar-refractivity contribution >= 4 is 35.6 Å². The maximum absolute atomic E-state index is 13.1. The standard InChI is InChI=1S/C24H24N2O7/c1-4-14(2)16-6-8-17(9-7-16)26-23(30)18(22(29)25-24(26)31)11-15-5-10-19(20(12-15)32-3)33-13-21(27)28/h5-12,14H,4,13H2,1-3H3,(H,27,28)(H,25,29,31)/b18-11-. The Labute approximate surface area is 190 Å². The minimum Gasteiger partial charge on any atom is -0.493 e. The number of urea groups is 1. The number of methoxy groups -OCH3 is 1. The highest BCUT2D eigenvalue weighted by atomic mass is 16.5. The maximum atomic E-state index is 13.1. The molecular formula is C24H24N2O7. The van der Waals surface area contributed by atoms with Crippen molar-refractivity contribution in [1.29, 1.82) is 0 Å². The van der Waals surface area contributed by atoms with Crippen LogP contribution in [0.1, 0.15) is 37.3 Å². The molecule has 2 N–H and O–H groups in total. The molecule has 0 saturated carbocycles. The molecule has 0 aromatic heterocycles. The minimum atomic E-state index is -1.14. The van der Waals surface area contributed by atoms with Crippen molar-refractivity contribution in [3.05, 3.63) is 59.2 Å². The van der Waals surface area contributed by atoms with Gasteiger partial charge in [-0.2, -0.15) is 0 Å². The van der Waals surface area contributed by atoms with Crippen molar-refractivity contribution in [2.45, 2.75) is 26.2 Å². The van der Waals surface area contributed by atoms with Crippen LogP contribution < -0.4 is 19.7 Å². The van der Waals surface area contributed by atoms with Crippen LogP contribution in [0.15, 0.2) is 48.0 Å². The summed E-state index contributed by atoms with van der Waals surface area (Å²) in [5.74, 6) is -1.97. The lowest BCUT2D eigenvalue weighted by molar-refractivity contribution is -0.139. The Morgan fingerprint density at radius 2 is 1.82 bits per heavy atom. The van der Waals surface area contributed by atoms with Crippen LogP contribution in [0.2, 0.25) is 0 Å². The molecule has 0 spiro atoms. The van der Waals surface area contributed by atoms with Gasteiger partial charge in [0.25, 0.3) is 11.8 Å². The van der Waals surface area contributed by atoms with E-state index in [-0.39, 0.29) is 17.1 Å². The third-order valence-corrected chi connectivity index (χ3v) is 5.28. The molecule has 172 valence electrons. The molecule has 1 fully saturated rings. The number of barbiturate groups is 1. The second-order valence-electron chi connectivity index (χ2n) is 7.45. The van der Waals surface area contributed by atoms with Gasteiger partial charge < -0.3 is 14.6 Å². The molecule has 1 saturated heterocycles. The Kier molecular flexibility index (Phi) is 7.12. The van der Waals surface area contributed by atoms with Crippen LogP contribution in [0, 0.1) is 0 Å². The number of anilines is 1. The Hall–Kier alpha value is -4.14. The average molecular weight is 452 g/mol. The van der Waals surface area contributed by atoms with Gasteiger partial charge in [-0.05, 0) is 53.8 Å². The predicted molar refractivity (Wildman–Crippen MR) is 120 cm³/mol. The summed E-state index contributed by atoms with van der Waals surface area (Å²) >= 11 is 0. The number of nitrogens with zero attached hydrogens (tertiary/aromatic N) is 1. The van der Waals surface area contributed by atoms with Gasteiger partial charge in [0.05, 0.1) is 12.8 Å². The largest absolute Gasteiger partial charge is 0.493 e. The maximum Gasteiger partial charge on any atom is 0.341 e. The SMILES string of the molecule is CCC(C)c1ccc(N2C(=O)NC(=O)/C(=C/c3ccc(OCC(=O)O)c(OC)c3)C2=O)cc1. The van der Waals surface area contributed by atoms with E-state index in [2.05, 4.69) is 19.2 Å². The molecule has 1 unspecified atom stereocenters. The molecule has 0 aliphatic carbocycles. The summed E-state index contributed by atoms with van der Waals surface area (Å²) in [6, 6.07) is 10.7. The number of rotatable bonds is 8. The number of carbonyl (C=O) groups is 4. The first kappa shape index (κ1) is 23.5. The van der Waals surface area contributed by atoms with Gasteiger partial charge in [0.15, 0.2) is 18.1 Å². The number of hydrogen-bond donors (Lipinski definition) is 2. The number of hydrogen-bond acceptors (Lipinski definition) is 6. The molecule has 4 amide bonds. The van der Waals surface area contributed by atoms with Gasteiger partial charge in [-0.3, -0.25) is 14.9 Å². The van der Waals surface area contributed by atoms with Gasteiger partial charge in [-0.25, -0.2) is 14.5 Å². The molecule has 1 heterocycles. The van der Waals surface area contributed by atoms with Crippen molar-refractivity contribution in [2.75, 3.05) is 18.6 Å². The van der Waals surface area contributed by atoms with E-state index in [9.17, 15) is 19.2 Å². The van der Waals surface area contributed by atoms with Crippen LogP contribution in [0.3, 0.4) is 0 Å². The third-order valence-electron chi connectivity index (χ3n) is 5.28. The number of carboxylic acids is 1. The van der Waals surface area contributed by atoms with Crippen LogP contribution in [0.5, 0.6) is 11.5 Å². The first-order valence-corrected chi connectivity index (χ1v) is 10.3. The van der Waals surface area contributed by atoms with Gasteiger partial charge in [-0.1, -0.05) is 32.0 Å². The summed E-state index contributed by atoms with van der Waals surface area (Å²) in [5.41, 5.74) is 1.62. The zero-order chi connectivity index (χ0) is 24.1. The number of carbonyl (C=O) groups excluding carboxylic acids is 3. The van der Waals surface area contributed by atoms with E-state index in [1.165, 1.54) is 31.4 Å². The lowest BCUT2D eigenvalue weighted by Gasteiger charge is -2.26. The van der Waals surface area contributed by atoms with E-state index >= 15 is 0 Å². The molecule has 9 heteroatoms. The van der Waals surface area contributed by atoms with Gasteiger partial charge in [0, 0.05) is 0 Å². The van der Waals surface area contributed by atoms with E-state index in [4.69, 9.17) is 14.6 Å². The number of benzene rings is 2. The Morgan fingerprint density at radius 3 is 2.42 bits per heavy atom. The number of ether oxygens (including phenoxy) is 2. The molecule has 1 aliphatic rings. The molecule has 9 nitrogen and oxygen atoms in total. The van der Waals surface area contributed by atoms with Crippen LogP contribution in [-0.4, -0.2) is 42.6 Å². The molecule has 0 bridgehead atoms.